The second kappa shape index (κ2) is 9.79. The van der Waals surface area contributed by atoms with Crippen LogP contribution in [0.5, 0.6) is 0 Å². The molecule has 0 saturated carbocycles. The molecule has 2 aromatic carbocycles. The molecule has 2 aliphatic rings. The molecule has 188 valence electrons. The number of allylic oxidation sites excluding steroid dienone is 1. The molecule has 6 nitrogen and oxygen atoms in total. The van der Waals surface area contributed by atoms with Gasteiger partial charge in [-0.2, -0.15) is 0 Å². The number of benzene rings is 2. The molecule has 4 rings (SSSR count). The number of fused-ring (bicyclic) bond motifs is 1. The number of hydrogen-bond donors (Lipinski definition) is 1. The summed E-state index contributed by atoms with van der Waals surface area (Å²) in [4.78, 5) is 41.7. The highest BCUT2D eigenvalue weighted by Gasteiger charge is 2.37. The fourth-order valence-corrected chi connectivity index (χ4v) is 5.79. The minimum absolute atomic E-state index is 0.142. The van der Waals surface area contributed by atoms with E-state index in [0.29, 0.717) is 16.3 Å². The molecule has 36 heavy (non-hydrogen) atoms. The van der Waals surface area contributed by atoms with E-state index in [2.05, 4.69) is 44.0 Å². The zero-order valence-corrected chi connectivity index (χ0v) is 22.9. The van der Waals surface area contributed by atoms with Crippen molar-refractivity contribution in [3.8, 4) is 0 Å². The first kappa shape index (κ1) is 26.0. The highest BCUT2D eigenvalue weighted by molar-refractivity contribution is 8.18. The molecule has 1 N–H and O–H groups in total. The Balaban J connectivity index is 1.56. The Kier molecular flexibility index (Phi) is 7.08. The van der Waals surface area contributed by atoms with Gasteiger partial charge in [0.2, 0.25) is 5.91 Å². The largest absolute Gasteiger partial charge is 0.363 e. The highest BCUT2D eigenvalue weighted by Crippen LogP contribution is 2.42. The quantitative estimate of drug-likeness (QED) is 0.444. The second-order valence-electron chi connectivity index (χ2n) is 9.73. The molecule has 1 saturated heterocycles. The monoisotopic (exact) mass is 523 g/mol. The number of hydrogen-bond acceptors (Lipinski definition) is 5. The fourth-order valence-electron chi connectivity index (χ4n) is 4.74. The molecule has 0 aromatic heterocycles. The van der Waals surface area contributed by atoms with Gasteiger partial charge in [-0.3, -0.25) is 19.3 Å². The average Bonchev–Trinajstić information content (AvgIpc) is 3.04. The van der Waals surface area contributed by atoms with Crippen LogP contribution in [0, 0.1) is 13.8 Å². The van der Waals surface area contributed by atoms with Gasteiger partial charge in [0.05, 0.1) is 10.4 Å². The zero-order chi connectivity index (χ0) is 26.4. The van der Waals surface area contributed by atoms with Crippen LogP contribution in [0.3, 0.4) is 0 Å². The number of thioether (sulfide) groups is 1. The lowest BCUT2D eigenvalue weighted by Gasteiger charge is -2.43. The summed E-state index contributed by atoms with van der Waals surface area (Å²) in [6.45, 7) is 12.9. The highest BCUT2D eigenvalue weighted by atomic mass is 35.5. The van der Waals surface area contributed by atoms with Crippen LogP contribution in [-0.4, -0.2) is 40.6 Å². The maximum Gasteiger partial charge on any atom is 0.294 e. The number of nitrogens with one attached hydrogen (secondary N) is 1. The molecule has 8 heteroatoms. The van der Waals surface area contributed by atoms with Gasteiger partial charge in [-0.05, 0) is 106 Å². The first-order valence-corrected chi connectivity index (χ1v) is 13.0. The SMILES string of the molecule is CCN1c2cc(Cl)c(/C=C3/SC(=O)N(CC(=O)Nc4ccc(C)c(C)c4)C3=O)cc2C(C)=CC1(C)C. The molecule has 0 bridgehead atoms. The number of carbonyl (C=O) groups excluding carboxylic acids is 3. The average molecular weight is 524 g/mol. The molecule has 0 aliphatic carbocycles. The number of carbonyl (C=O) groups is 3. The van der Waals surface area contributed by atoms with Crippen molar-refractivity contribution >= 4 is 63.4 Å². The van der Waals surface area contributed by atoms with Crippen molar-refractivity contribution in [2.45, 2.75) is 47.1 Å². The number of aryl methyl sites for hydroxylation is 2. The van der Waals surface area contributed by atoms with Gasteiger partial charge in [0.25, 0.3) is 11.1 Å². The second-order valence-corrected chi connectivity index (χ2v) is 11.1. The molecule has 0 radical (unpaired) electrons. The van der Waals surface area contributed by atoms with E-state index in [9.17, 15) is 14.4 Å². The number of imide groups is 1. The summed E-state index contributed by atoms with van der Waals surface area (Å²) in [6, 6.07) is 9.45. The lowest BCUT2D eigenvalue weighted by atomic mass is 9.88. The van der Waals surface area contributed by atoms with E-state index < -0.39 is 17.1 Å². The summed E-state index contributed by atoms with van der Waals surface area (Å²) in [5.74, 6) is -0.936. The van der Waals surface area contributed by atoms with E-state index in [1.807, 2.05) is 38.1 Å². The maximum absolute atomic E-state index is 13.0. The Morgan fingerprint density at radius 1 is 1.11 bits per heavy atom. The van der Waals surface area contributed by atoms with Crippen LogP contribution in [0.4, 0.5) is 16.2 Å². The predicted octanol–water partition coefficient (Wildman–Crippen LogP) is 6.65. The molecule has 0 spiro atoms. The van der Waals surface area contributed by atoms with Crippen molar-refractivity contribution in [1.82, 2.24) is 4.90 Å². The van der Waals surface area contributed by atoms with E-state index in [1.54, 1.807) is 12.1 Å². The third-order valence-electron chi connectivity index (χ3n) is 6.66. The van der Waals surface area contributed by atoms with Gasteiger partial charge >= 0.3 is 0 Å². The number of amides is 3. The van der Waals surface area contributed by atoms with Gasteiger partial charge in [-0.15, -0.1) is 0 Å². The van der Waals surface area contributed by atoms with E-state index in [0.717, 1.165) is 51.2 Å². The van der Waals surface area contributed by atoms with E-state index >= 15 is 0 Å². The van der Waals surface area contributed by atoms with Gasteiger partial charge in [0.1, 0.15) is 6.54 Å². The van der Waals surface area contributed by atoms with Gasteiger partial charge in [0.15, 0.2) is 0 Å². The standard InChI is InChI=1S/C28H30ClN3O3S/c1-7-32-23-13-22(29)19(11-21(23)18(4)14-28(32,5)6)12-24-26(34)31(27(35)36-24)15-25(33)30-20-9-8-16(2)17(3)10-20/h8-14H,7,15H2,1-6H3,(H,30,33)/b24-12+. The summed E-state index contributed by atoms with van der Waals surface area (Å²) < 4.78 is 0. The molecule has 0 unspecified atom stereocenters. The van der Waals surface area contributed by atoms with Crippen LogP contribution in [0.15, 0.2) is 41.3 Å². The Labute approximate surface area is 221 Å². The molecule has 2 aliphatic heterocycles. The third kappa shape index (κ3) is 4.95. The molecular weight excluding hydrogens is 494 g/mol. The van der Waals surface area contributed by atoms with Crippen LogP contribution in [0.1, 0.15) is 49.9 Å². The van der Waals surface area contributed by atoms with Gasteiger partial charge in [-0.25, -0.2) is 0 Å². The van der Waals surface area contributed by atoms with Gasteiger partial charge in [0, 0.05) is 28.5 Å². The van der Waals surface area contributed by atoms with Crippen molar-refractivity contribution in [2.24, 2.45) is 0 Å². The molecule has 0 atom stereocenters. The summed E-state index contributed by atoms with van der Waals surface area (Å²) >= 11 is 7.46. The zero-order valence-electron chi connectivity index (χ0n) is 21.4. The van der Waals surface area contributed by atoms with Crippen molar-refractivity contribution in [3.63, 3.8) is 0 Å². The van der Waals surface area contributed by atoms with Gasteiger partial charge in [-0.1, -0.05) is 23.7 Å². The van der Waals surface area contributed by atoms with Crippen molar-refractivity contribution in [3.05, 3.63) is 68.6 Å². The number of likely N-dealkylation sites (N-methyl/N-ethyl adjacent to an activating group) is 1. The molecule has 1 fully saturated rings. The van der Waals surface area contributed by atoms with Crippen molar-refractivity contribution in [1.29, 1.82) is 0 Å². The number of rotatable bonds is 5. The third-order valence-corrected chi connectivity index (χ3v) is 7.90. The van der Waals surface area contributed by atoms with E-state index in [1.165, 1.54) is 0 Å². The molecular formula is C28H30ClN3O3S. The Hall–Kier alpha value is -3.03. The van der Waals surface area contributed by atoms with Crippen molar-refractivity contribution in [2.75, 3.05) is 23.3 Å². The first-order chi connectivity index (χ1) is 16.9. The lowest BCUT2D eigenvalue weighted by molar-refractivity contribution is -0.127. The van der Waals surface area contributed by atoms with Crippen molar-refractivity contribution < 1.29 is 14.4 Å². The lowest BCUT2D eigenvalue weighted by Crippen LogP contribution is -2.44. The Bertz CT molecular complexity index is 1350. The Morgan fingerprint density at radius 3 is 2.50 bits per heavy atom. The van der Waals surface area contributed by atoms with Crippen LogP contribution in [-0.2, 0) is 9.59 Å². The normalized spacial score (nSPS) is 18.0. The number of nitrogens with zero attached hydrogens (tertiary/aromatic N) is 2. The van der Waals surface area contributed by atoms with E-state index in [4.69, 9.17) is 11.6 Å². The van der Waals surface area contributed by atoms with Crippen LogP contribution in [0.2, 0.25) is 5.02 Å². The van der Waals surface area contributed by atoms with Crippen LogP contribution >= 0.6 is 23.4 Å². The summed E-state index contributed by atoms with van der Waals surface area (Å²) in [6.07, 6.45) is 3.86. The molecule has 2 aromatic rings. The molecule has 2 heterocycles. The predicted molar refractivity (Wildman–Crippen MR) is 149 cm³/mol. The summed E-state index contributed by atoms with van der Waals surface area (Å²) in [5.41, 5.74) is 6.50. The Morgan fingerprint density at radius 2 is 1.83 bits per heavy atom. The fraction of sp³-hybridized carbons (Fsp3) is 0.321. The van der Waals surface area contributed by atoms with Gasteiger partial charge < -0.3 is 10.2 Å². The summed E-state index contributed by atoms with van der Waals surface area (Å²) in [5, 5.41) is 2.78. The summed E-state index contributed by atoms with van der Waals surface area (Å²) in [7, 11) is 0. The van der Waals surface area contributed by atoms with Crippen LogP contribution < -0.4 is 10.2 Å². The topological polar surface area (TPSA) is 69.7 Å². The first-order valence-electron chi connectivity index (χ1n) is 11.8. The minimum Gasteiger partial charge on any atom is -0.363 e. The molecule has 3 amide bonds. The minimum atomic E-state index is -0.502. The van der Waals surface area contributed by atoms with E-state index in [-0.39, 0.29) is 17.0 Å². The number of anilines is 2. The smallest absolute Gasteiger partial charge is 0.294 e. The van der Waals surface area contributed by atoms with Crippen LogP contribution in [0.25, 0.3) is 11.6 Å². The number of halogens is 1. The maximum atomic E-state index is 13.0.